The van der Waals surface area contributed by atoms with Gasteiger partial charge in [0.15, 0.2) is 0 Å². The molecule has 2 N–H and O–H groups in total. The second-order valence-electron chi connectivity index (χ2n) is 3.89. The number of hydrogen-bond acceptors (Lipinski definition) is 3. The predicted octanol–water partition coefficient (Wildman–Crippen LogP) is 1.78. The Morgan fingerprint density at radius 3 is 2.83 bits per heavy atom. The number of hydrogen-bond donors (Lipinski definition) is 1. The largest absolute Gasteiger partial charge is 0.496 e. The Balaban J connectivity index is 2.28. The zero-order chi connectivity index (χ0) is 13.0. The number of nitrogens with two attached hydrogens (primary N) is 1. The van der Waals surface area contributed by atoms with Gasteiger partial charge in [0.1, 0.15) is 5.75 Å². The molecule has 0 saturated heterocycles. The summed E-state index contributed by atoms with van der Waals surface area (Å²) >= 11 is 0. The number of pyridine rings is 1. The zero-order valence-corrected chi connectivity index (χ0v) is 10.1. The van der Waals surface area contributed by atoms with E-state index in [0.717, 1.165) is 17.0 Å². The number of carbonyl (C=O) groups is 1. The third-order valence-corrected chi connectivity index (χ3v) is 2.67. The van der Waals surface area contributed by atoms with Gasteiger partial charge in [-0.15, -0.1) is 0 Å². The van der Waals surface area contributed by atoms with E-state index in [4.69, 9.17) is 10.5 Å². The number of primary amides is 1. The second-order valence-corrected chi connectivity index (χ2v) is 3.89. The monoisotopic (exact) mass is 242 g/mol. The predicted molar refractivity (Wildman–Crippen MR) is 68.6 cm³/mol. The van der Waals surface area contributed by atoms with Gasteiger partial charge in [0.2, 0.25) is 5.91 Å². The Bertz CT molecular complexity index is 567. The second kappa shape index (κ2) is 5.31. The molecule has 1 amide bonds. The van der Waals surface area contributed by atoms with Crippen molar-refractivity contribution in [3.05, 3.63) is 59.4 Å². The summed E-state index contributed by atoms with van der Waals surface area (Å²) in [6.07, 6.45) is 2.19. The molecule has 92 valence electrons. The summed E-state index contributed by atoms with van der Waals surface area (Å²) in [5, 5.41) is 0. The van der Waals surface area contributed by atoms with E-state index in [0.29, 0.717) is 12.0 Å². The lowest BCUT2D eigenvalue weighted by atomic mass is 10.1. The third-order valence-electron chi connectivity index (χ3n) is 2.67. The normalized spacial score (nSPS) is 10.1. The Kier molecular flexibility index (Phi) is 3.57. The maximum atomic E-state index is 11.1. The first-order valence-corrected chi connectivity index (χ1v) is 5.57. The Morgan fingerprint density at radius 2 is 2.11 bits per heavy atom. The van der Waals surface area contributed by atoms with Crippen molar-refractivity contribution in [3.63, 3.8) is 0 Å². The number of amides is 1. The lowest BCUT2D eigenvalue weighted by molar-refractivity contribution is 0.1000. The summed E-state index contributed by atoms with van der Waals surface area (Å²) in [5.41, 5.74) is 7.52. The van der Waals surface area contributed by atoms with Crippen molar-refractivity contribution in [3.8, 4) is 5.75 Å². The number of para-hydroxylation sites is 1. The molecular weight excluding hydrogens is 228 g/mol. The molecule has 0 fully saturated rings. The molecular formula is C14H14N2O2. The standard InChI is InChI=1S/C14H14N2O2/c1-18-13-5-3-2-4-10(13)8-12-9-11(14(15)17)6-7-16-12/h2-7,9H,8H2,1H3,(H2,15,17). The average molecular weight is 242 g/mol. The number of nitrogens with zero attached hydrogens (tertiary/aromatic N) is 1. The smallest absolute Gasteiger partial charge is 0.248 e. The van der Waals surface area contributed by atoms with Crippen LogP contribution in [0.4, 0.5) is 0 Å². The van der Waals surface area contributed by atoms with Gasteiger partial charge < -0.3 is 10.5 Å². The van der Waals surface area contributed by atoms with Crippen molar-refractivity contribution < 1.29 is 9.53 Å². The van der Waals surface area contributed by atoms with Gasteiger partial charge in [-0.3, -0.25) is 9.78 Å². The highest BCUT2D eigenvalue weighted by atomic mass is 16.5. The van der Waals surface area contributed by atoms with Crippen molar-refractivity contribution >= 4 is 5.91 Å². The quantitative estimate of drug-likeness (QED) is 0.888. The van der Waals surface area contributed by atoms with E-state index >= 15 is 0 Å². The van der Waals surface area contributed by atoms with E-state index in [9.17, 15) is 4.79 Å². The molecule has 1 aromatic carbocycles. The fourth-order valence-electron chi connectivity index (χ4n) is 1.77. The zero-order valence-electron chi connectivity index (χ0n) is 10.1. The molecule has 0 spiro atoms. The molecule has 0 aliphatic rings. The summed E-state index contributed by atoms with van der Waals surface area (Å²) in [6, 6.07) is 11.0. The number of methoxy groups -OCH3 is 1. The van der Waals surface area contributed by atoms with Crippen molar-refractivity contribution in [2.75, 3.05) is 7.11 Å². The van der Waals surface area contributed by atoms with Gasteiger partial charge in [-0.25, -0.2) is 0 Å². The van der Waals surface area contributed by atoms with Gasteiger partial charge in [0, 0.05) is 29.4 Å². The first kappa shape index (κ1) is 12.1. The van der Waals surface area contributed by atoms with Gasteiger partial charge in [-0.05, 0) is 18.2 Å². The fraction of sp³-hybridized carbons (Fsp3) is 0.143. The van der Waals surface area contributed by atoms with E-state index in [1.165, 1.54) is 0 Å². The molecule has 0 aliphatic heterocycles. The van der Waals surface area contributed by atoms with Crippen LogP contribution in [0.1, 0.15) is 21.6 Å². The molecule has 2 aromatic rings. The van der Waals surface area contributed by atoms with E-state index in [1.807, 2.05) is 24.3 Å². The van der Waals surface area contributed by atoms with E-state index < -0.39 is 5.91 Å². The maximum Gasteiger partial charge on any atom is 0.248 e. The summed E-state index contributed by atoms with van der Waals surface area (Å²) < 4.78 is 5.28. The molecule has 0 atom stereocenters. The molecule has 0 aliphatic carbocycles. The van der Waals surface area contributed by atoms with Crippen LogP contribution in [0.3, 0.4) is 0 Å². The molecule has 18 heavy (non-hydrogen) atoms. The van der Waals surface area contributed by atoms with Crippen LogP contribution in [0.25, 0.3) is 0 Å². The molecule has 4 heteroatoms. The van der Waals surface area contributed by atoms with Gasteiger partial charge in [-0.2, -0.15) is 0 Å². The molecule has 1 heterocycles. The summed E-state index contributed by atoms with van der Waals surface area (Å²) in [6.45, 7) is 0. The van der Waals surface area contributed by atoms with Gasteiger partial charge >= 0.3 is 0 Å². The van der Waals surface area contributed by atoms with E-state index in [-0.39, 0.29) is 0 Å². The maximum absolute atomic E-state index is 11.1. The summed E-state index contributed by atoms with van der Waals surface area (Å²) in [7, 11) is 1.63. The highest BCUT2D eigenvalue weighted by Gasteiger charge is 2.06. The number of benzene rings is 1. The van der Waals surface area contributed by atoms with Gasteiger partial charge in [-0.1, -0.05) is 18.2 Å². The lowest BCUT2D eigenvalue weighted by Crippen LogP contribution is -2.11. The average Bonchev–Trinajstić information content (AvgIpc) is 2.39. The minimum atomic E-state index is -0.446. The minimum absolute atomic E-state index is 0.446. The fourth-order valence-corrected chi connectivity index (χ4v) is 1.77. The topological polar surface area (TPSA) is 65.2 Å². The number of carbonyl (C=O) groups excluding carboxylic acids is 1. The molecule has 0 unspecified atom stereocenters. The Morgan fingerprint density at radius 1 is 1.33 bits per heavy atom. The van der Waals surface area contributed by atoms with Crippen molar-refractivity contribution in [2.45, 2.75) is 6.42 Å². The number of aromatic nitrogens is 1. The van der Waals surface area contributed by atoms with Crippen LogP contribution >= 0.6 is 0 Å². The Labute approximate surface area is 105 Å². The van der Waals surface area contributed by atoms with Gasteiger partial charge in [0.25, 0.3) is 0 Å². The summed E-state index contributed by atoms with van der Waals surface area (Å²) in [5.74, 6) is 0.363. The lowest BCUT2D eigenvalue weighted by Gasteiger charge is -2.08. The van der Waals surface area contributed by atoms with Crippen LogP contribution in [0, 0.1) is 0 Å². The van der Waals surface area contributed by atoms with Crippen LogP contribution in [-0.2, 0) is 6.42 Å². The van der Waals surface area contributed by atoms with Crippen molar-refractivity contribution in [1.82, 2.24) is 4.98 Å². The first-order valence-electron chi connectivity index (χ1n) is 5.57. The molecule has 1 aromatic heterocycles. The molecule has 0 radical (unpaired) electrons. The Hall–Kier alpha value is -2.36. The molecule has 0 saturated carbocycles. The molecule has 4 nitrogen and oxygen atoms in total. The van der Waals surface area contributed by atoms with Crippen molar-refractivity contribution in [2.24, 2.45) is 5.73 Å². The van der Waals surface area contributed by atoms with Crippen LogP contribution in [-0.4, -0.2) is 18.0 Å². The van der Waals surface area contributed by atoms with Crippen molar-refractivity contribution in [1.29, 1.82) is 0 Å². The SMILES string of the molecule is COc1ccccc1Cc1cc(C(N)=O)ccn1. The highest BCUT2D eigenvalue weighted by molar-refractivity contribution is 5.92. The third kappa shape index (κ3) is 2.66. The minimum Gasteiger partial charge on any atom is -0.496 e. The first-order chi connectivity index (χ1) is 8.70. The number of rotatable bonds is 4. The number of ether oxygens (including phenoxy) is 1. The highest BCUT2D eigenvalue weighted by Crippen LogP contribution is 2.20. The van der Waals surface area contributed by atoms with Crippen LogP contribution in [0.2, 0.25) is 0 Å². The van der Waals surface area contributed by atoms with E-state index in [1.54, 1.807) is 25.4 Å². The molecule has 0 bridgehead atoms. The van der Waals surface area contributed by atoms with Crippen LogP contribution < -0.4 is 10.5 Å². The van der Waals surface area contributed by atoms with Crippen LogP contribution in [0.5, 0.6) is 5.75 Å². The van der Waals surface area contributed by atoms with Gasteiger partial charge in [0.05, 0.1) is 7.11 Å². The molecule has 2 rings (SSSR count). The van der Waals surface area contributed by atoms with Crippen LogP contribution in [0.15, 0.2) is 42.6 Å². The summed E-state index contributed by atoms with van der Waals surface area (Å²) in [4.78, 5) is 15.3. The van der Waals surface area contributed by atoms with E-state index in [2.05, 4.69) is 4.98 Å².